The molecule has 0 bridgehead atoms. The average Bonchev–Trinajstić information content (AvgIpc) is 2.86. The van der Waals surface area contributed by atoms with Crippen LogP contribution in [0.15, 0.2) is 30.6 Å². The summed E-state index contributed by atoms with van der Waals surface area (Å²) in [5.74, 6) is 0.625. The van der Waals surface area contributed by atoms with Crippen molar-refractivity contribution < 1.29 is 0 Å². The van der Waals surface area contributed by atoms with Crippen LogP contribution in [0.5, 0.6) is 0 Å². The fourth-order valence-corrected chi connectivity index (χ4v) is 1.89. The largest absolute Gasteiger partial charge is 0.323 e. The first-order valence-corrected chi connectivity index (χ1v) is 6.06. The van der Waals surface area contributed by atoms with Crippen LogP contribution in [0.4, 0.5) is 0 Å². The van der Waals surface area contributed by atoms with E-state index in [1.54, 1.807) is 10.8 Å². The fourth-order valence-electron chi connectivity index (χ4n) is 1.89. The fraction of sp³-hybridized carbons (Fsp3) is 0.231. The van der Waals surface area contributed by atoms with Gasteiger partial charge in [-0.2, -0.15) is 4.52 Å². The van der Waals surface area contributed by atoms with Crippen LogP contribution in [0.1, 0.15) is 24.2 Å². The summed E-state index contributed by atoms with van der Waals surface area (Å²) in [5, 5.41) is 12.2. The molecular formula is C13H14N6. The summed E-state index contributed by atoms with van der Waals surface area (Å²) in [6, 6.07) is 7.82. The van der Waals surface area contributed by atoms with Gasteiger partial charge in [0, 0.05) is 11.6 Å². The molecule has 0 radical (unpaired) electrons. The zero-order valence-electron chi connectivity index (χ0n) is 10.8. The summed E-state index contributed by atoms with van der Waals surface area (Å²) < 4.78 is 1.61. The maximum absolute atomic E-state index is 5.94. The third-order valence-electron chi connectivity index (χ3n) is 2.93. The molecule has 2 heterocycles. The predicted octanol–water partition coefficient (Wildman–Crippen LogP) is 1.51. The second-order valence-corrected chi connectivity index (χ2v) is 4.57. The second kappa shape index (κ2) is 4.40. The van der Waals surface area contributed by atoms with Crippen LogP contribution in [0.3, 0.4) is 0 Å². The first-order valence-electron chi connectivity index (χ1n) is 6.06. The number of nitrogens with two attached hydrogens (primary N) is 1. The Morgan fingerprint density at radius 2 is 1.95 bits per heavy atom. The molecule has 0 aliphatic heterocycles. The molecule has 2 aromatic heterocycles. The third-order valence-corrected chi connectivity index (χ3v) is 2.93. The predicted molar refractivity (Wildman–Crippen MR) is 71.4 cm³/mol. The molecule has 1 atom stereocenters. The minimum Gasteiger partial charge on any atom is -0.323 e. The number of fused-ring (bicyclic) bond motifs is 1. The van der Waals surface area contributed by atoms with Gasteiger partial charge in [0.25, 0.3) is 0 Å². The van der Waals surface area contributed by atoms with Gasteiger partial charge in [0.1, 0.15) is 12.0 Å². The van der Waals surface area contributed by atoms with Crippen molar-refractivity contribution >= 4 is 5.65 Å². The van der Waals surface area contributed by atoms with E-state index < -0.39 is 0 Å². The Morgan fingerprint density at radius 1 is 1.21 bits per heavy atom. The number of hydrogen-bond acceptors (Lipinski definition) is 5. The van der Waals surface area contributed by atoms with E-state index in [1.165, 1.54) is 5.56 Å². The van der Waals surface area contributed by atoms with Crippen molar-refractivity contribution in [3.63, 3.8) is 0 Å². The summed E-state index contributed by atoms with van der Waals surface area (Å²) in [6.45, 7) is 3.91. The topological polar surface area (TPSA) is 82.0 Å². The number of nitrogens with zero attached hydrogens (tertiary/aromatic N) is 5. The Kier molecular flexibility index (Phi) is 2.72. The summed E-state index contributed by atoms with van der Waals surface area (Å²) >= 11 is 0. The number of hydrogen-bond donors (Lipinski definition) is 1. The highest BCUT2D eigenvalue weighted by Gasteiger charge is 2.14. The van der Waals surface area contributed by atoms with Gasteiger partial charge < -0.3 is 5.73 Å². The van der Waals surface area contributed by atoms with Gasteiger partial charge in [-0.15, -0.1) is 15.3 Å². The minimum atomic E-state index is -0.223. The lowest BCUT2D eigenvalue weighted by Crippen LogP contribution is -2.12. The molecule has 0 amide bonds. The summed E-state index contributed by atoms with van der Waals surface area (Å²) in [7, 11) is 0. The monoisotopic (exact) mass is 254 g/mol. The molecule has 6 heteroatoms. The molecule has 6 nitrogen and oxygen atoms in total. The van der Waals surface area contributed by atoms with Crippen molar-refractivity contribution in [1.82, 2.24) is 24.8 Å². The van der Waals surface area contributed by atoms with Gasteiger partial charge in [0.15, 0.2) is 5.82 Å². The molecule has 96 valence electrons. The molecule has 0 unspecified atom stereocenters. The second-order valence-electron chi connectivity index (χ2n) is 4.57. The van der Waals surface area contributed by atoms with Gasteiger partial charge in [-0.1, -0.05) is 29.8 Å². The third kappa shape index (κ3) is 2.06. The van der Waals surface area contributed by atoms with Crippen LogP contribution in [-0.4, -0.2) is 24.8 Å². The van der Waals surface area contributed by atoms with Gasteiger partial charge in [0.2, 0.25) is 5.65 Å². The average molecular weight is 254 g/mol. The Morgan fingerprint density at radius 3 is 2.63 bits per heavy atom. The molecule has 3 rings (SSSR count). The number of benzene rings is 1. The highest BCUT2D eigenvalue weighted by molar-refractivity contribution is 5.57. The van der Waals surface area contributed by atoms with E-state index in [2.05, 4.69) is 20.3 Å². The van der Waals surface area contributed by atoms with Crippen LogP contribution in [0, 0.1) is 6.92 Å². The number of aromatic nitrogens is 5. The summed E-state index contributed by atoms with van der Waals surface area (Å²) in [5.41, 5.74) is 9.38. The van der Waals surface area contributed by atoms with E-state index >= 15 is 0 Å². The van der Waals surface area contributed by atoms with E-state index in [-0.39, 0.29) is 6.04 Å². The Labute approximate surface area is 110 Å². The smallest absolute Gasteiger partial charge is 0.200 e. The van der Waals surface area contributed by atoms with E-state index in [1.807, 2.05) is 38.1 Å². The highest BCUT2D eigenvalue weighted by atomic mass is 15.4. The molecule has 2 N–H and O–H groups in total. The van der Waals surface area contributed by atoms with Crippen LogP contribution in [-0.2, 0) is 0 Å². The zero-order chi connectivity index (χ0) is 13.4. The summed E-state index contributed by atoms with van der Waals surface area (Å²) in [6.07, 6.45) is 1.56. The quantitative estimate of drug-likeness (QED) is 0.749. The molecule has 0 saturated carbocycles. The van der Waals surface area contributed by atoms with E-state index in [9.17, 15) is 0 Å². The number of aryl methyl sites for hydroxylation is 1. The van der Waals surface area contributed by atoms with Gasteiger partial charge >= 0.3 is 0 Å². The lowest BCUT2D eigenvalue weighted by atomic mass is 10.1. The van der Waals surface area contributed by atoms with Crippen LogP contribution in [0.2, 0.25) is 0 Å². The zero-order valence-corrected chi connectivity index (χ0v) is 10.8. The normalized spacial score (nSPS) is 12.8. The Bertz CT molecular complexity index is 714. The van der Waals surface area contributed by atoms with E-state index in [0.717, 1.165) is 5.56 Å². The molecule has 0 fully saturated rings. The van der Waals surface area contributed by atoms with Crippen molar-refractivity contribution in [2.24, 2.45) is 5.73 Å². The SMILES string of the molecule is Cc1ccc(-c2nc([C@H](C)N)c3nncn3n2)cc1. The van der Waals surface area contributed by atoms with Crippen LogP contribution in [0.25, 0.3) is 17.0 Å². The molecule has 19 heavy (non-hydrogen) atoms. The standard InChI is InChI=1S/C13H14N6/c1-8-3-5-10(6-4-8)12-16-11(9(2)14)13-17-15-7-19(13)18-12/h3-7,9H,14H2,1-2H3/t9-/m0/s1. The van der Waals surface area contributed by atoms with Crippen LogP contribution < -0.4 is 5.73 Å². The van der Waals surface area contributed by atoms with Crippen molar-refractivity contribution in [3.05, 3.63) is 41.9 Å². The van der Waals surface area contributed by atoms with Gasteiger partial charge in [-0.3, -0.25) is 0 Å². The van der Waals surface area contributed by atoms with Gasteiger partial charge in [-0.25, -0.2) is 4.98 Å². The highest BCUT2D eigenvalue weighted by Crippen LogP contribution is 2.19. The molecule has 1 aromatic carbocycles. The van der Waals surface area contributed by atoms with Gasteiger partial charge in [0.05, 0.1) is 0 Å². The van der Waals surface area contributed by atoms with Crippen LogP contribution >= 0.6 is 0 Å². The lowest BCUT2D eigenvalue weighted by molar-refractivity contribution is 0.757. The van der Waals surface area contributed by atoms with Crippen molar-refractivity contribution in [1.29, 1.82) is 0 Å². The van der Waals surface area contributed by atoms with Gasteiger partial charge in [-0.05, 0) is 13.8 Å². The molecule has 3 aromatic rings. The molecule has 0 aliphatic carbocycles. The molecule has 0 saturated heterocycles. The number of rotatable bonds is 2. The Hall–Kier alpha value is -2.34. The van der Waals surface area contributed by atoms with Crippen molar-refractivity contribution in [3.8, 4) is 11.4 Å². The van der Waals surface area contributed by atoms with E-state index in [4.69, 9.17) is 5.73 Å². The molecule has 0 aliphatic rings. The van der Waals surface area contributed by atoms with Crippen molar-refractivity contribution in [2.45, 2.75) is 19.9 Å². The first kappa shape index (κ1) is 11.7. The first-order chi connectivity index (χ1) is 9.15. The molecule has 0 spiro atoms. The maximum atomic E-state index is 5.94. The molecular weight excluding hydrogens is 240 g/mol. The van der Waals surface area contributed by atoms with Crippen molar-refractivity contribution in [2.75, 3.05) is 0 Å². The summed E-state index contributed by atoms with van der Waals surface area (Å²) in [4.78, 5) is 4.51. The minimum absolute atomic E-state index is 0.223. The Balaban J connectivity index is 2.21. The van der Waals surface area contributed by atoms with E-state index in [0.29, 0.717) is 17.2 Å². The maximum Gasteiger partial charge on any atom is 0.200 e. The lowest BCUT2D eigenvalue weighted by Gasteiger charge is -2.08.